The molecule has 3 aromatic rings. The minimum absolute atomic E-state index is 0.0815. The van der Waals surface area contributed by atoms with Crippen molar-refractivity contribution in [3.05, 3.63) is 106 Å². The van der Waals surface area contributed by atoms with Gasteiger partial charge in [0.15, 0.2) is 23.3 Å². The summed E-state index contributed by atoms with van der Waals surface area (Å²) in [4.78, 5) is 39.0. The van der Waals surface area contributed by atoms with Crippen LogP contribution in [0.15, 0.2) is 60.7 Å². The van der Waals surface area contributed by atoms with E-state index in [1.165, 1.54) is 20.8 Å². The van der Waals surface area contributed by atoms with Gasteiger partial charge in [0.2, 0.25) is 11.7 Å². The van der Waals surface area contributed by atoms with Crippen molar-refractivity contribution >= 4 is 18.0 Å². The maximum absolute atomic E-state index is 14.5. The number of alkyl carbamates (subject to hydrolysis) is 1. The van der Waals surface area contributed by atoms with Crippen LogP contribution in [0, 0.1) is 29.1 Å². The first-order valence-corrected chi connectivity index (χ1v) is 12.8. The minimum atomic E-state index is -2.38. The SMILES string of the molecule is CC(C)(C)OC(=O)N[C@H](Cc1c(F)c(F)c(F)c(F)c1F)C(=O)N[C@@H](Cc1ccccc1)C(=O)OCc1ccccc1. The lowest BCUT2D eigenvalue weighted by molar-refractivity contribution is -0.149. The summed E-state index contributed by atoms with van der Waals surface area (Å²) < 4.78 is 80.9. The first kappa shape index (κ1) is 32.0. The van der Waals surface area contributed by atoms with Gasteiger partial charge in [-0.15, -0.1) is 0 Å². The van der Waals surface area contributed by atoms with Gasteiger partial charge in [-0.3, -0.25) is 4.79 Å². The third-order valence-corrected chi connectivity index (χ3v) is 5.82. The molecule has 3 rings (SSSR count). The van der Waals surface area contributed by atoms with E-state index in [1.54, 1.807) is 60.7 Å². The summed E-state index contributed by atoms with van der Waals surface area (Å²) in [5, 5.41) is 4.48. The highest BCUT2D eigenvalue weighted by molar-refractivity contribution is 5.90. The standard InChI is InChI=1S/C30H29F5N2O5/c1-30(2,3)42-29(40)37-20(15-19-22(31)24(33)26(35)25(34)23(19)32)27(38)36-21(14-17-10-6-4-7-11-17)28(39)41-16-18-12-8-5-9-13-18/h4-13,20-21H,14-16H2,1-3H3,(H,36,38)(H,37,40)/t20-,21+/m1/s1. The molecule has 0 spiro atoms. The van der Waals surface area contributed by atoms with Crippen LogP contribution in [-0.4, -0.2) is 35.7 Å². The third-order valence-electron chi connectivity index (χ3n) is 5.82. The first-order valence-electron chi connectivity index (χ1n) is 12.8. The lowest BCUT2D eigenvalue weighted by Crippen LogP contribution is -2.54. The van der Waals surface area contributed by atoms with E-state index in [4.69, 9.17) is 9.47 Å². The van der Waals surface area contributed by atoms with E-state index >= 15 is 0 Å². The number of nitrogens with one attached hydrogen (secondary N) is 2. The van der Waals surface area contributed by atoms with E-state index in [1.807, 2.05) is 0 Å². The number of ether oxygens (including phenoxy) is 2. The van der Waals surface area contributed by atoms with E-state index in [0.29, 0.717) is 11.1 Å². The van der Waals surface area contributed by atoms with E-state index in [9.17, 15) is 36.3 Å². The summed E-state index contributed by atoms with van der Waals surface area (Å²) in [6.45, 7) is 4.38. The zero-order valence-electron chi connectivity index (χ0n) is 23.0. The Morgan fingerprint density at radius 3 is 1.71 bits per heavy atom. The normalized spacial score (nSPS) is 12.7. The van der Waals surface area contributed by atoms with Crippen molar-refractivity contribution in [3.63, 3.8) is 0 Å². The third kappa shape index (κ3) is 8.76. The molecule has 0 fully saturated rings. The van der Waals surface area contributed by atoms with Crippen molar-refractivity contribution in [2.45, 2.75) is 57.9 Å². The van der Waals surface area contributed by atoms with Crippen molar-refractivity contribution in [3.8, 4) is 0 Å². The summed E-state index contributed by atoms with van der Waals surface area (Å²) >= 11 is 0. The predicted molar refractivity (Wildman–Crippen MR) is 141 cm³/mol. The summed E-state index contributed by atoms with van der Waals surface area (Å²) in [6.07, 6.45) is -2.45. The Kier molecular flexibility index (Phi) is 10.6. The highest BCUT2D eigenvalue weighted by Gasteiger charge is 2.33. The number of esters is 1. The molecule has 0 aliphatic heterocycles. The van der Waals surface area contributed by atoms with E-state index in [2.05, 4.69) is 10.6 Å². The largest absolute Gasteiger partial charge is 0.459 e. The molecule has 12 heteroatoms. The average Bonchev–Trinajstić information content (AvgIpc) is 2.95. The fourth-order valence-electron chi connectivity index (χ4n) is 3.84. The number of carbonyl (C=O) groups excluding carboxylic acids is 3. The molecule has 0 aliphatic rings. The topological polar surface area (TPSA) is 93.7 Å². The summed E-state index contributed by atoms with van der Waals surface area (Å²) in [5.41, 5.74) is -1.14. The molecule has 0 saturated heterocycles. The molecule has 0 bridgehead atoms. The van der Waals surface area contributed by atoms with Crippen LogP contribution in [0.2, 0.25) is 0 Å². The molecular formula is C30H29F5N2O5. The van der Waals surface area contributed by atoms with Gasteiger partial charge in [-0.25, -0.2) is 31.5 Å². The second kappa shape index (κ2) is 13.9. The fourth-order valence-corrected chi connectivity index (χ4v) is 3.84. The zero-order chi connectivity index (χ0) is 31.0. The van der Waals surface area contributed by atoms with Gasteiger partial charge >= 0.3 is 12.1 Å². The van der Waals surface area contributed by atoms with Gasteiger partial charge in [-0.05, 0) is 31.9 Å². The molecule has 0 heterocycles. The molecule has 0 radical (unpaired) electrons. The van der Waals surface area contributed by atoms with Gasteiger partial charge in [0.25, 0.3) is 0 Å². The van der Waals surface area contributed by atoms with Crippen LogP contribution < -0.4 is 10.6 Å². The molecule has 0 aliphatic carbocycles. The van der Waals surface area contributed by atoms with Crippen LogP contribution in [0.25, 0.3) is 0 Å². The van der Waals surface area contributed by atoms with Crippen LogP contribution >= 0.6 is 0 Å². The quantitative estimate of drug-likeness (QED) is 0.145. The Morgan fingerprint density at radius 1 is 0.690 bits per heavy atom. The van der Waals surface area contributed by atoms with Gasteiger partial charge in [0, 0.05) is 18.4 Å². The Bertz CT molecular complexity index is 1390. The zero-order valence-corrected chi connectivity index (χ0v) is 23.0. The van der Waals surface area contributed by atoms with Gasteiger partial charge in [-0.2, -0.15) is 0 Å². The van der Waals surface area contributed by atoms with Crippen molar-refractivity contribution in [2.24, 2.45) is 0 Å². The van der Waals surface area contributed by atoms with E-state index in [-0.39, 0.29) is 13.0 Å². The van der Waals surface area contributed by atoms with Crippen LogP contribution in [-0.2, 0) is 38.5 Å². The molecular weight excluding hydrogens is 563 g/mol. The predicted octanol–water partition coefficient (Wildman–Crippen LogP) is 5.29. The molecule has 2 N–H and O–H groups in total. The summed E-state index contributed by atoms with van der Waals surface area (Å²) in [6, 6.07) is 13.9. The Hall–Kier alpha value is -4.48. The number of hydrogen-bond donors (Lipinski definition) is 2. The Labute approximate surface area is 239 Å². The second-order valence-electron chi connectivity index (χ2n) is 10.3. The molecule has 0 aromatic heterocycles. The maximum Gasteiger partial charge on any atom is 0.408 e. The lowest BCUT2D eigenvalue weighted by Gasteiger charge is -2.25. The number of carbonyl (C=O) groups is 3. The summed E-state index contributed by atoms with van der Waals surface area (Å²) in [5.74, 6) is -13.2. The van der Waals surface area contributed by atoms with Crippen LogP contribution in [0.1, 0.15) is 37.5 Å². The molecule has 2 atom stereocenters. The fraction of sp³-hybridized carbons (Fsp3) is 0.300. The lowest BCUT2D eigenvalue weighted by atomic mass is 10.0. The van der Waals surface area contributed by atoms with Gasteiger partial charge in [0.1, 0.15) is 24.3 Å². The molecule has 0 saturated carbocycles. The van der Waals surface area contributed by atoms with Gasteiger partial charge in [0.05, 0.1) is 0 Å². The minimum Gasteiger partial charge on any atom is -0.459 e. The van der Waals surface area contributed by atoms with E-state index in [0.717, 1.165) is 0 Å². The smallest absolute Gasteiger partial charge is 0.408 e. The summed E-state index contributed by atoms with van der Waals surface area (Å²) in [7, 11) is 0. The monoisotopic (exact) mass is 592 g/mol. The number of hydrogen-bond acceptors (Lipinski definition) is 5. The van der Waals surface area contributed by atoms with Crippen molar-refractivity contribution in [2.75, 3.05) is 0 Å². The average molecular weight is 593 g/mol. The highest BCUT2D eigenvalue weighted by Crippen LogP contribution is 2.24. The molecule has 224 valence electrons. The molecule has 0 unspecified atom stereocenters. The Balaban J connectivity index is 1.91. The van der Waals surface area contributed by atoms with Crippen molar-refractivity contribution in [1.29, 1.82) is 0 Å². The maximum atomic E-state index is 14.5. The van der Waals surface area contributed by atoms with Crippen LogP contribution in [0.4, 0.5) is 26.7 Å². The molecule has 7 nitrogen and oxygen atoms in total. The van der Waals surface area contributed by atoms with Crippen molar-refractivity contribution < 1.29 is 45.8 Å². The number of rotatable bonds is 10. The van der Waals surface area contributed by atoms with Crippen LogP contribution in [0.3, 0.4) is 0 Å². The number of amides is 2. The number of benzene rings is 3. The van der Waals surface area contributed by atoms with Gasteiger partial charge in [-0.1, -0.05) is 60.7 Å². The Morgan fingerprint density at radius 2 is 1.19 bits per heavy atom. The first-order chi connectivity index (χ1) is 19.8. The molecule has 2 amide bonds. The van der Waals surface area contributed by atoms with Crippen molar-refractivity contribution in [1.82, 2.24) is 10.6 Å². The number of halogens is 5. The second-order valence-corrected chi connectivity index (χ2v) is 10.3. The molecule has 3 aromatic carbocycles. The van der Waals surface area contributed by atoms with Crippen LogP contribution in [0.5, 0.6) is 0 Å². The van der Waals surface area contributed by atoms with Gasteiger partial charge < -0.3 is 20.1 Å². The highest BCUT2D eigenvalue weighted by atomic mass is 19.2. The molecule has 42 heavy (non-hydrogen) atoms. The van der Waals surface area contributed by atoms with E-state index < -0.39 is 76.7 Å².